The van der Waals surface area contributed by atoms with Gasteiger partial charge in [-0.05, 0) is 18.6 Å². The van der Waals surface area contributed by atoms with Crippen molar-refractivity contribution in [2.45, 2.75) is 13.0 Å². The second kappa shape index (κ2) is 7.62. The summed E-state index contributed by atoms with van der Waals surface area (Å²) in [5, 5.41) is 12.2. The molecule has 0 radical (unpaired) electrons. The van der Waals surface area contributed by atoms with E-state index in [2.05, 4.69) is 5.32 Å². The van der Waals surface area contributed by atoms with Gasteiger partial charge in [-0.25, -0.2) is 4.79 Å². The van der Waals surface area contributed by atoms with E-state index in [1.165, 1.54) is 4.90 Å². The molecule has 110 valence electrons. The zero-order valence-electron chi connectivity index (χ0n) is 11.9. The van der Waals surface area contributed by atoms with Crippen molar-refractivity contribution in [3.63, 3.8) is 0 Å². The first-order valence-electron chi connectivity index (χ1n) is 6.26. The van der Waals surface area contributed by atoms with Crippen LogP contribution in [-0.4, -0.2) is 55.4 Å². The Morgan fingerprint density at radius 1 is 1.35 bits per heavy atom. The summed E-state index contributed by atoms with van der Waals surface area (Å²) in [5.74, 6) is -0.841. The molecule has 1 rings (SSSR count). The van der Waals surface area contributed by atoms with E-state index in [-0.39, 0.29) is 13.3 Å². The molecule has 2 N–H and O–H groups in total. The van der Waals surface area contributed by atoms with Crippen molar-refractivity contribution in [1.82, 2.24) is 10.2 Å². The molecule has 0 bridgehead atoms. The molecule has 1 atom stereocenters. The predicted octanol–water partition coefficient (Wildman–Crippen LogP) is 0.148. The van der Waals surface area contributed by atoms with E-state index >= 15 is 0 Å². The molecule has 6 nitrogen and oxygen atoms in total. The van der Waals surface area contributed by atoms with Gasteiger partial charge in [0, 0.05) is 20.6 Å². The van der Waals surface area contributed by atoms with Crippen LogP contribution in [0.25, 0.3) is 0 Å². The average molecular weight is 280 g/mol. The molecule has 1 aromatic rings. The van der Waals surface area contributed by atoms with Crippen LogP contribution < -0.4 is 5.32 Å². The number of aryl methyl sites for hydroxylation is 1. The summed E-state index contributed by atoms with van der Waals surface area (Å²) < 4.78 is 5.01. The second-order valence-corrected chi connectivity index (χ2v) is 4.59. The van der Waals surface area contributed by atoms with Gasteiger partial charge in [0.15, 0.2) is 0 Å². The third-order valence-electron chi connectivity index (χ3n) is 2.73. The molecule has 0 aliphatic carbocycles. The van der Waals surface area contributed by atoms with Crippen molar-refractivity contribution < 1.29 is 19.4 Å². The number of hydrogen-bond donors (Lipinski definition) is 2. The number of benzene rings is 1. The normalized spacial score (nSPS) is 11.8. The average Bonchev–Trinajstić information content (AvgIpc) is 2.42. The summed E-state index contributed by atoms with van der Waals surface area (Å²) in [7, 11) is 3.12. The fraction of sp³-hybridized carbons (Fsp3) is 0.429. The van der Waals surface area contributed by atoms with Crippen LogP contribution in [0.15, 0.2) is 24.3 Å². The first kappa shape index (κ1) is 16.1. The predicted molar refractivity (Wildman–Crippen MR) is 74.2 cm³/mol. The van der Waals surface area contributed by atoms with Crippen molar-refractivity contribution >= 4 is 11.9 Å². The number of carbonyl (C=O) groups is 2. The number of aliphatic hydroxyl groups is 1. The van der Waals surface area contributed by atoms with Gasteiger partial charge in [-0.1, -0.05) is 18.2 Å². The Labute approximate surface area is 118 Å². The smallest absolute Gasteiger partial charge is 0.339 e. The quantitative estimate of drug-likeness (QED) is 0.440. The first-order valence-corrected chi connectivity index (χ1v) is 6.26. The van der Waals surface area contributed by atoms with E-state index in [1.807, 2.05) is 19.1 Å². The SMILES string of the molecule is Cc1ccccc1C(=O)OCNCC(O)C(=O)N(C)C. The van der Waals surface area contributed by atoms with Gasteiger partial charge in [0.25, 0.3) is 5.91 Å². The van der Waals surface area contributed by atoms with E-state index in [9.17, 15) is 14.7 Å². The zero-order chi connectivity index (χ0) is 15.1. The number of amides is 1. The Morgan fingerprint density at radius 2 is 2.00 bits per heavy atom. The standard InChI is InChI=1S/C14H20N2O4/c1-10-6-4-5-7-11(10)14(19)20-9-15-8-12(17)13(18)16(2)3/h4-7,12,15,17H,8-9H2,1-3H3. The topological polar surface area (TPSA) is 78.9 Å². The molecule has 20 heavy (non-hydrogen) atoms. The van der Waals surface area contributed by atoms with Crippen molar-refractivity contribution in [2.24, 2.45) is 0 Å². The highest BCUT2D eigenvalue weighted by Gasteiger charge is 2.16. The molecule has 0 aromatic heterocycles. The maximum absolute atomic E-state index is 11.8. The number of nitrogens with zero attached hydrogens (tertiary/aromatic N) is 1. The van der Waals surface area contributed by atoms with Crippen LogP contribution in [0.4, 0.5) is 0 Å². The van der Waals surface area contributed by atoms with Gasteiger partial charge in [0.05, 0.1) is 5.56 Å². The van der Waals surface area contributed by atoms with Gasteiger partial charge < -0.3 is 14.7 Å². The monoisotopic (exact) mass is 280 g/mol. The fourth-order valence-electron chi connectivity index (χ4n) is 1.58. The highest BCUT2D eigenvalue weighted by molar-refractivity contribution is 5.90. The van der Waals surface area contributed by atoms with E-state index in [0.29, 0.717) is 5.56 Å². The van der Waals surface area contributed by atoms with Gasteiger partial charge in [-0.3, -0.25) is 10.1 Å². The van der Waals surface area contributed by atoms with Crippen LogP contribution in [-0.2, 0) is 9.53 Å². The Hall–Kier alpha value is -1.92. The molecule has 6 heteroatoms. The van der Waals surface area contributed by atoms with Gasteiger partial charge >= 0.3 is 5.97 Å². The van der Waals surface area contributed by atoms with Gasteiger partial charge in [0.2, 0.25) is 0 Å². The maximum atomic E-state index is 11.8. The molecule has 0 heterocycles. The van der Waals surface area contributed by atoms with Crippen LogP contribution in [0, 0.1) is 6.92 Å². The lowest BCUT2D eigenvalue weighted by Gasteiger charge is -2.16. The highest BCUT2D eigenvalue weighted by atomic mass is 16.5. The minimum atomic E-state index is -1.15. The Bertz CT molecular complexity index is 474. The number of hydrogen-bond acceptors (Lipinski definition) is 5. The number of carbonyl (C=O) groups excluding carboxylic acids is 2. The first-order chi connectivity index (χ1) is 9.43. The summed E-state index contributed by atoms with van der Waals surface area (Å²) >= 11 is 0. The number of esters is 1. The van der Waals surface area contributed by atoms with E-state index in [1.54, 1.807) is 26.2 Å². The Kier molecular flexibility index (Phi) is 6.14. The molecule has 0 aliphatic rings. The molecular weight excluding hydrogens is 260 g/mol. The van der Waals surface area contributed by atoms with Gasteiger partial charge in [-0.2, -0.15) is 0 Å². The number of nitrogens with one attached hydrogen (secondary N) is 1. The van der Waals surface area contributed by atoms with Crippen molar-refractivity contribution in [2.75, 3.05) is 27.4 Å². The largest absolute Gasteiger partial charge is 0.446 e. The molecule has 0 saturated carbocycles. The lowest BCUT2D eigenvalue weighted by atomic mass is 10.1. The molecule has 0 saturated heterocycles. The summed E-state index contributed by atoms with van der Waals surface area (Å²) in [6, 6.07) is 7.11. The zero-order valence-corrected chi connectivity index (χ0v) is 11.9. The summed E-state index contributed by atoms with van der Waals surface area (Å²) in [6.45, 7) is 1.78. The minimum absolute atomic E-state index is 0.0259. The molecule has 1 unspecified atom stereocenters. The molecule has 0 aliphatic heterocycles. The van der Waals surface area contributed by atoms with E-state index in [4.69, 9.17) is 4.74 Å². The van der Waals surface area contributed by atoms with Gasteiger partial charge in [-0.15, -0.1) is 0 Å². The Morgan fingerprint density at radius 3 is 2.60 bits per heavy atom. The van der Waals surface area contributed by atoms with Crippen molar-refractivity contribution in [3.05, 3.63) is 35.4 Å². The Balaban J connectivity index is 2.33. The van der Waals surface area contributed by atoms with Crippen molar-refractivity contribution in [1.29, 1.82) is 0 Å². The maximum Gasteiger partial charge on any atom is 0.339 e. The molecule has 1 aromatic carbocycles. The van der Waals surface area contributed by atoms with Gasteiger partial charge in [0.1, 0.15) is 12.8 Å². The fourth-order valence-corrected chi connectivity index (χ4v) is 1.58. The minimum Gasteiger partial charge on any atom is -0.446 e. The summed E-state index contributed by atoms with van der Waals surface area (Å²) in [5.41, 5.74) is 1.33. The lowest BCUT2D eigenvalue weighted by molar-refractivity contribution is -0.137. The third kappa shape index (κ3) is 4.64. The number of ether oxygens (including phenoxy) is 1. The van der Waals surface area contributed by atoms with Crippen LogP contribution in [0.3, 0.4) is 0 Å². The highest BCUT2D eigenvalue weighted by Crippen LogP contribution is 2.07. The van der Waals surface area contributed by atoms with Crippen LogP contribution in [0.2, 0.25) is 0 Å². The molecule has 1 amide bonds. The number of rotatable bonds is 6. The molecule has 0 spiro atoms. The molecule has 0 fully saturated rings. The summed E-state index contributed by atoms with van der Waals surface area (Å²) in [4.78, 5) is 24.4. The van der Waals surface area contributed by atoms with E-state index in [0.717, 1.165) is 5.56 Å². The van der Waals surface area contributed by atoms with E-state index < -0.39 is 18.0 Å². The van der Waals surface area contributed by atoms with Crippen molar-refractivity contribution in [3.8, 4) is 0 Å². The number of likely N-dealkylation sites (N-methyl/N-ethyl adjacent to an activating group) is 1. The summed E-state index contributed by atoms with van der Waals surface area (Å²) in [6.07, 6.45) is -1.15. The van der Waals surface area contributed by atoms with Crippen LogP contribution >= 0.6 is 0 Å². The third-order valence-corrected chi connectivity index (χ3v) is 2.73. The van der Waals surface area contributed by atoms with Crippen LogP contribution in [0.1, 0.15) is 15.9 Å². The van der Waals surface area contributed by atoms with Crippen LogP contribution in [0.5, 0.6) is 0 Å². The second-order valence-electron chi connectivity index (χ2n) is 4.59. The molecular formula is C14H20N2O4. The lowest BCUT2D eigenvalue weighted by Crippen LogP contribution is -2.41. The number of aliphatic hydroxyl groups excluding tert-OH is 1.